The van der Waals surface area contributed by atoms with Crippen molar-refractivity contribution in [1.29, 1.82) is 0 Å². The molecule has 0 bridgehead atoms. The molecule has 4 nitrogen and oxygen atoms in total. The predicted molar refractivity (Wildman–Crippen MR) is 54.3 cm³/mol. The Morgan fingerprint density at radius 2 is 2.29 bits per heavy atom. The van der Waals surface area contributed by atoms with Crippen LogP contribution >= 0.6 is 0 Å². The number of H-pyrrole nitrogens is 1. The predicted octanol–water partition coefficient (Wildman–Crippen LogP) is 0.457. The van der Waals surface area contributed by atoms with Crippen LogP contribution in [0.1, 0.15) is 35.8 Å². The van der Waals surface area contributed by atoms with Crippen LogP contribution in [0.4, 0.5) is 0 Å². The first-order valence-corrected chi connectivity index (χ1v) is 5.02. The minimum Gasteiger partial charge on any atom is -0.330 e. The van der Waals surface area contributed by atoms with Crippen molar-refractivity contribution in [1.82, 2.24) is 9.97 Å². The van der Waals surface area contributed by atoms with E-state index < -0.39 is 0 Å². The van der Waals surface area contributed by atoms with Crippen LogP contribution in [0.15, 0.2) is 4.79 Å². The average Bonchev–Trinajstić information content (AvgIpc) is 2.93. The fraction of sp³-hybridized carbons (Fsp3) is 0.600. The first kappa shape index (κ1) is 9.40. The second kappa shape index (κ2) is 3.53. The van der Waals surface area contributed by atoms with Crippen LogP contribution in [0.3, 0.4) is 0 Å². The van der Waals surface area contributed by atoms with E-state index in [0.29, 0.717) is 18.9 Å². The van der Waals surface area contributed by atoms with Gasteiger partial charge in [-0.3, -0.25) is 4.79 Å². The molecular formula is C10H15N3O. The quantitative estimate of drug-likeness (QED) is 0.732. The number of aromatic amines is 1. The van der Waals surface area contributed by atoms with Gasteiger partial charge in [0, 0.05) is 17.2 Å². The third kappa shape index (κ3) is 1.70. The first-order chi connectivity index (χ1) is 6.72. The molecule has 1 fully saturated rings. The third-order valence-corrected chi connectivity index (χ3v) is 2.60. The zero-order valence-electron chi connectivity index (χ0n) is 8.34. The molecular weight excluding hydrogens is 178 g/mol. The zero-order valence-corrected chi connectivity index (χ0v) is 8.34. The molecule has 1 aromatic heterocycles. The number of rotatable bonds is 3. The van der Waals surface area contributed by atoms with Gasteiger partial charge in [-0.05, 0) is 32.7 Å². The lowest BCUT2D eigenvalue weighted by atomic mass is 10.1. The number of nitrogens with one attached hydrogen (secondary N) is 1. The molecule has 0 aliphatic heterocycles. The lowest BCUT2D eigenvalue weighted by Gasteiger charge is -2.04. The molecule has 3 N–H and O–H groups in total. The minimum absolute atomic E-state index is 0.00940. The Hall–Kier alpha value is -1.16. The summed E-state index contributed by atoms with van der Waals surface area (Å²) in [5.74, 6) is 1.35. The van der Waals surface area contributed by atoms with E-state index in [9.17, 15) is 4.79 Å². The number of nitrogens with two attached hydrogens (primary N) is 1. The van der Waals surface area contributed by atoms with Gasteiger partial charge in [0.05, 0.1) is 0 Å². The Morgan fingerprint density at radius 1 is 1.57 bits per heavy atom. The van der Waals surface area contributed by atoms with Crippen molar-refractivity contribution in [3.8, 4) is 0 Å². The molecule has 0 atom stereocenters. The molecule has 4 heteroatoms. The van der Waals surface area contributed by atoms with Crippen molar-refractivity contribution in [2.45, 2.75) is 32.1 Å². The van der Waals surface area contributed by atoms with Crippen molar-refractivity contribution >= 4 is 0 Å². The van der Waals surface area contributed by atoms with Gasteiger partial charge in [-0.2, -0.15) is 0 Å². The number of hydrogen-bond donors (Lipinski definition) is 2. The second-order valence-electron chi connectivity index (χ2n) is 3.83. The average molecular weight is 193 g/mol. The molecule has 1 aliphatic carbocycles. The van der Waals surface area contributed by atoms with Gasteiger partial charge in [0.1, 0.15) is 5.82 Å². The van der Waals surface area contributed by atoms with Gasteiger partial charge < -0.3 is 10.7 Å². The molecule has 0 aromatic carbocycles. The number of aryl methyl sites for hydroxylation is 1. The molecule has 76 valence electrons. The summed E-state index contributed by atoms with van der Waals surface area (Å²) in [6.45, 7) is 2.38. The molecule has 0 spiro atoms. The minimum atomic E-state index is -0.00940. The van der Waals surface area contributed by atoms with Crippen LogP contribution in [0.25, 0.3) is 0 Å². The molecule has 2 rings (SSSR count). The van der Waals surface area contributed by atoms with Gasteiger partial charge in [0.2, 0.25) is 0 Å². The zero-order chi connectivity index (χ0) is 10.1. The first-order valence-electron chi connectivity index (χ1n) is 5.02. The highest BCUT2D eigenvalue weighted by molar-refractivity contribution is 5.19. The van der Waals surface area contributed by atoms with Gasteiger partial charge in [-0.15, -0.1) is 0 Å². The Labute approximate surface area is 82.6 Å². The SMILES string of the molecule is Cc1nc(C2CC2)[nH]c(=O)c1CCN. The Morgan fingerprint density at radius 3 is 2.79 bits per heavy atom. The van der Waals surface area contributed by atoms with Crippen molar-refractivity contribution in [2.24, 2.45) is 5.73 Å². The Balaban J connectivity index is 2.39. The lowest BCUT2D eigenvalue weighted by Crippen LogP contribution is -2.21. The van der Waals surface area contributed by atoms with Gasteiger partial charge in [0.25, 0.3) is 5.56 Å². The van der Waals surface area contributed by atoms with E-state index in [2.05, 4.69) is 9.97 Å². The molecule has 14 heavy (non-hydrogen) atoms. The number of aromatic nitrogens is 2. The van der Waals surface area contributed by atoms with Crippen molar-refractivity contribution < 1.29 is 0 Å². The fourth-order valence-corrected chi connectivity index (χ4v) is 1.62. The number of hydrogen-bond acceptors (Lipinski definition) is 3. The highest BCUT2D eigenvalue weighted by Gasteiger charge is 2.26. The van der Waals surface area contributed by atoms with Crippen LogP contribution in [-0.2, 0) is 6.42 Å². The van der Waals surface area contributed by atoms with Gasteiger partial charge in [-0.1, -0.05) is 0 Å². The monoisotopic (exact) mass is 193 g/mol. The molecule has 0 saturated heterocycles. The van der Waals surface area contributed by atoms with Gasteiger partial charge >= 0.3 is 0 Å². The van der Waals surface area contributed by atoms with Crippen molar-refractivity contribution in [3.63, 3.8) is 0 Å². The fourth-order valence-electron chi connectivity index (χ4n) is 1.62. The van der Waals surface area contributed by atoms with Gasteiger partial charge in [0.15, 0.2) is 0 Å². The van der Waals surface area contributed by atoms with E-state index in [4.69, 9.17) is 5.73 Å². The standard InChI is InChI=1S/C10H15N3O/c1-6-8(4-5-11)10(14)13-9(12-6)7-2-3-7/h7H,2-5,11H2,1H3,(H,12,13,14). The molecule has 1 aromatic rings. The highest BCUT2D eigenvalue weighted by Crippen LogP contribution is 2.37. The lowest BCUT2D eigenvalue weighted by molar-refractivity contribution is 0.835. The summed E-state index contributed by atoms with van der Waals surface area (Å²) < 4.78 is 0. The van der Waals surface area contributed by atoms with Crippen LogP contribution in [0, 0.1) is 6.92 Å². The topological polar surface area (TPSA) is 71.8 Å². The number of nitrogens with zero attached hydrogens (tertiary/aromatic N) is 1. The summed E-state index contributed by atoms with van der Waals surface area (Å²) in [7, 11) is 0. The summed E-state index contributed by atoms with van der Waals surface area (Å²) in [5.41, 5.74) is 6.99. The summed E-state index contributed by atoms with van der Waals surface area (Å²) >= 11 is 0. The maximum Gasteiger partial charge on any atom is 0.254 e. The molecule has 0 unspecified atom stereocenters. The van der Waals surface area contributed by atoms with Crippen molar-refractivity contribution in [3.05, 3.63) is 27.4 Å². The van der Waals surface area contributed by atoms with E-state index in [1.807, 2.05) is 6.92 Å². The van der Waals surface area contributed by atoms with E-state index in [0.717, 1.165) is 29.9 Å². The largest absolute Gasteiger partial charge is 0.330 e. The van der Waals surface area contributed by atoms with E-state index in [-0.39, 0.29) is 5.56 Å². The summed E-state index contributed by atoms with van der Waals surface area (Å²) in [5, 5.41) is 0. The summed E-state index contributed by atoms with van der Waals surface area (Å²) in [6.07, 6.45) is 2.91. The van der Waals surface area contributed by atoms with Crippen molar-refractivity contribution in [2.75, 3.05) is 6.54 Å². The highest BCUT2D eigenvalue weighted by atomic mass is 16.1. The molecule has 1 heterocycles. The Kier molecular flexibility index (Phi) is 2.37. The van der Waals surface area contributed by atoms with Crippen LogP contribution in [-0.4, -0.2) is 16.5 Å². The van der Waals surface area contributed by atoms with E-state index in [1.165, 1.54) is 0 Å². The van der Waals surface area contributed by atoms with Gasteiger partial charge in [-0.25, -0.2) is 4.98 Å². The maximum absolute atomic E-state index is 11.6. The second-order valence-corrected chi connectivity index (χ2v) is 3.83. The smallest absolute Gasteiger partial charge is 0.254 e. The normalized spacial score (nSPS) is 15.9. The third-order valence-electron chi connectivity index (χ3n) is 2.60. The maximum atomic E-state index is 11.6. The Bertz CT molecular complexity index is 393. The molecule has 1 saturated carbocycles. The van der Waals surface area contributed by atoms with E-state index in [1.54, 1.807) is 0 Å². The van der Waals surface area contributed by atoms with E-state index >= 15 is 0 Å². The van der Waals surface area contributed by atoms with Crippen LogP contribution in [0.5, 0.6) is 0 Å². The van der Waals surface area contributed by atoms with Crippen LogP contribution < -0.4 is 11.3 Å². The summed E-state index contributed by atoms with van der Waals surface area (Å²) in [6, 6.07) is 0. The molecule has 0 amide bonds. The summed E-state index contributed by atoms with van der Waals surface area (Å²) in [4.78, 5) is 18.9. The molecule has 1 aliphatic rings. The molecule has 0 radical (unpaired) electrons. The van der Waals surface area contributed by atoms with Crippen LogP contribution in [0.2, 0.25) is 0 Å².